The quantitative estimate of drug-likeness (QED) is 0.811. The fraction of sp³-hybridized carbons (Fsp3) is 1.00. The summed E-state index contributed by atoms with van der Waals surface area (Å²) in [6, 6.07) is 0. The van der Waals surface area contributed by atoms with E-state index in [1.807, 2.05) is 0 Å². The number of halogens is 3. The Morgan fingerprint density at radius 1 is 1.38 bits per heavy atom. The van der Waals surface area contributed by atoms with Crippen molar-refractivity contribution in [1.29, 1.82) is 0 Å². The van der Waals surface area contributed by atoms with Gasteiger partial charge in [0.1, 0.15) is 0 Å². The maximum Gasteiger partial charge on any atom is 0.389 e. The van der Waals surface area contributed by atoms with Crippen molar-refractivity contribution in [3.05, 3.63) is 0 Å². The number of aliphatic hydroxyl groups is 1. The molecular weight excluding hydrogens is 247 g/mol. The highest BCUT2D eigenvalue weighted by Crippen LogP contribution is 2.26. The lowest BCUT2D eigenvalue weighted by Crippen LogP contribution is -2.61. The Labute approximate surface area is 92.1 Å². The number of hydrogen-bond donors (Lipinski definition) is 1. The van der Waals surface area contributed by atoms with Crippen molar-refractivity contribution in [3.63, 3.8) is 0 Å². The van der Waals surface area contributed by atoms with Crippen LogP contribution in [0.4, 0.5) is 13.2 Å². The number of β-amino-alcohol motifs (C(OH)–C–C–N with tert-alkyl or cyclic N) is 1. The van der Waals surface area contributed by atoms with E-state index in [4.69, 9.17) is 0 Å². The molecule has 0 atom stereocenters. The zero-order valence-electron chi connectivity index (χ0n) is 8.79. The molecule has 4 nitrogen and oxygen atoms in total. The maximum atomic E-state index is 11.8. The molecule has 0 unspecified atom stereocenters. The van der Waals surface area contributed by atoms with Gasteiger partial charge in [-0.2, -0.15) is 17.5 Å². The van der Waals surface area contributed by atoms with Gasteiger partial charge in [0.15, 0.2) is 0 Å². The van der Waals surface area contributed by atoms with Crippen LogP contribution in [0.2, 0.25) is 0 Å². The van der Waals surface area contributed by atoms with Crippen molar-refractivity contribution < 1.29 is 26.7 Å². The molecule has 0 aromatic rings. The van der Waals surface area contributed by atoms with E-state index in [1.54, 1.807) is 0 Å². The lowest BCUT2D eigenvalue weighted by Gasteiger charge is -2.42. The van der Waals surface area contributed by atoms with Crippen molar-refractivity contribution >= 4 is 10.0 Å². The summed E-state index contributed by atoms with van der Waals surface area (Å²) < 4.78 is 59.3. The summed E-state index contributed by atoms with van der Waals surface area (Å²) >= 11 is 0. The number of sulfonamides is 1. The fourth-order valence-corrected chi connectivity index (χ4v) is 3.21. The zero-order valence-corrected chi connectivity index (χ0v) is 9.61. The molecule has 0 radical (unpaired) electrons. The first-order chi connectivity index (χ1) is 7.02. The molecule has 0 aromatic heterocycles. The summed E-state index contributed by atoms with van der Waals surface area (Å²) in [5.74, 6) is -0.525. The Hall–Kier alpha value is -0.340. The minimum absolute atomic E-state index is 0.0403. The molecule has 16 heavy (non-hydrogen) atoms. The van der Waals surface area contributed by atoms with Crippen molar-refractivity contribution in [1.82, 2.24) is 4.31 Å². The summed E-state index contributed by atoms with van der Waals surface area (Å²) in [6.07, 6.45) is -5.86. The van der Waals surface area contributed by atoms with Crippen molar-refractivity contribution in [2.24, 2.45) is 0 Å². The molecule has 1 fully saturated rings. The first-order valence-corrected chi connectivity index (χ1v) is 6.40. The highest BCUT2D eigenvalue weighted by atomic mass is 32.2. The normalized spacial score (nSPS) is 21.8. The number of nitrogens with zero attached hydrogens (tertiary/aromatic N) is 1. The van der Waals surface area contributed by atoms with Crippen LogP contribution >= 0.6 is 0 Å². The van der Waals surface area contributed by atoms with Crippen LogP contribution in [0.15, 0.2) is 0 Å². The minimum Gasteiger partial charge on any atom is -0.387 e. The largest absolute Gasteiger partial charge is 0.389 e. The van der Waals surface area contributed by atoms with Gasteiger partial charge in [0.25, 0.3) is 0 Å². The van der Waals surface area contributed by atoms with Crippen LogP contribution in [0.5, 0.6) is 0 Å². The highest BCUT2D eigenvalue weighted by Gasteiger charge is 2.43. The third kappa shape index (κ3) is 3.91. The third-order valence-corrected chi connectivity index (χ3v) is 4.14. The van der Waals surface area contributed by atoms with E-state index in [9.17, 15) is 26.7 Å². The Balaban J connectivity index is 2.37. The first kappa shape index (κ1) is 13.7. The molecule has 0 amide bonds. The van der Waals surface area contributed by atoms with E-state index in [2.05, 4.69) is 0 Å². The van der Waals surface area contributed by atoms with Gasteiger partial charge in [-0.3, -0.25) is 0 Å². The Kier molecular flexibility index (Phi) is 3.56. The van der Waals surface area contributed by atoms with Crippen LogP contribution < -0.4 is 0 Å². The summed E-state index contributed by atoms with van der Waals surface area (Å²) in [6.45, 7) is 1.40. The molecule has 96 valence electrons. The molecule has 1 rings (SSSR count). The number of rotatable bonds is 4. The van der Waals surface area contributed by atoms with Gasteiger partial charge >= 0.3 is 6.18 Å². The lowest BCUT2D eigenvalue weighted by molar-refractivity contribution is -0.134. The monoisotopic (exact) mass is 261 g/mol. The first-order valence-electron chi connectivity index (χ1n) is 4.79. The van der Waals surface area contributed by atoms with Gasteiger partial charge in [-0.05, 0) is 13.3 Å². The topological polar surface area (TPSA) is 57.6 Å². The standard InChI is InChI=1S/C8H14F3NO3S/c1-7(13)5-12(6-7)16(14,15)4-2-3-8(9,10)11/h13H,2-6H2,1H3. The summed E-state index contributed by atoms with van der Waals surface area (Å²) in [4.78, 5) is 0. The molecule has 1 aliphatic rings. The van der Waals surface area contributed by atoms with Gasteiger partial charge in [-0.25, -0.2) is 8.42 Å². The molecule has 0 saturated carbocycles. The van der Waals surface area contributed by atoms with Gasteiger partial charge in [0, 0.05) is 19.5 Å². The molecule has 1 aliphatic heterocycles. The second kappa shape index (κ2) is 4.15. The van der Waals surface area contributed by atoms with Crippen LogP contribution in [-0.4, -0.2) is 48.4 Å². The van der Waals surface area contributed by atoms with Crippen molar-refractivity contribution in [3.8, 4) is 0 Å². The van der Waals surface area contributed by atoms with E-state index in [0.29, 0.717) is 0 Å². The Morgan fingerprint density at radius 2 is 1.88 bits per heavy atom. The molecular formula is C8H14F3NO3S. The summed E-state index contributed by atoms with van der Waals surface area (Å²) in [5.41, 5.74) is -1.04. The average Bonchev–Trinajstić information content (AvgIpc) is 1.96. The van der Waals surface area contributed by atoms with Crippen molar-refractivity contribution in [2.75, 3.05) is 18.8 Å². The van der Waals surface area contributed by atoms with Gasteiger partial charge in [-0.1, -0.05) is 0 Å². The Bertz CT molecular complexity index is 342. The van der Waals surface area contributed by atoms with Crippen LogP contribution in [0.25, 0.3) is 0 Å². The van der Waals surface area contributed by atoms with E-state index in [1.165, 1.54) is 6.92 Å². The van der Waals surface area contributed by atoms with Crippen LogP contribution in [-0.2, 0) is 10.0 Å². The van der Waals surface area contributed by atoms with E-state index < -0.39 is 40.4 Å². The number of hydrogen-bond acceptors (Lipinski definition) is 3. The molecule has 0 spiro atoms. The minimum atomic E-state index is -4.32. The lowest BCUT2D eigenvalue weighted by atomic mass is 10.0. The second-order valence-corrected chi connectivity index (χ2v) is 6.39. The highest BCUT2D eigenvalue weighted by molar-refractivity contribution is 7.89. The molecule has 0 aliphatic carbocycles. The van der Waals surface area contributed by atoms with Gasteiger partial charge < -0.3 is 5.11 Å². The predicted octanol–water partition coefficient (Wildman–Crippen LogP) is 0.725. The van der Waals surface area contributed by atoms with E-state index >= 15 is 0 Å². The van der Waals surface area contributed by atoms with Gasteiger partial charge in [-0.15, -0.1) is 0 Å². The summed E-state index contributed by atoms with van der Waals surface area (Å²) in [5, 5.41) is 9.32. The Morgan fingerprint density at radius 3 is 2.25 bits per heavy atom. The van der Waals surface area contributed by atoms with Gasteiger partial charge in [0.05, 0.1) is 11.4 Å². The molecule has 0 aromatic carbocycles. The molecule has 1 N–H and O–H groups in total. The van der Waals surface area contributed by atoms with Gasteiger partial charge in [0.2, 0.25) is 10.0 Å². The van der Waals surface area contributed by atoms with Crippen molar-refractivity contribution in [2.45, 2.75) is 31.5 Å². The predicted molar refractivity (Wildman–Crippen MR) is 51.3 cm³/mol. The van der Waals surface area contributed by atoms with Crippen LogP contribution in [0, 0.1) is 0 Å². The second-order valence-electron chi connectivity index (χ2n) is 4.30. The van der Waals surface area contributed by atoms with E-state index in [-0.39, 0.29) is 13.1 Å². The van der Waals surface area contributed by atoms with E-state index in [0.717, 1.165) is 4.31 Å². The molecule has 1 heterocycles. The average molecular weight is 261 g/mol. The molecule has 1 saturated heterocycles. The van der Waals surface area contributed by atoms with Crippen LogP contribution in [0.3, 0.4) is 0 Å². The zero-order chi connectivity index (χ0) is 12.6. The molecule has 8 heteroatoms. The molecule has 0 bridgehead atoms. The SMILES string of the molecule is CC1(O)CN(S(=O)(=O)CCCC(F)(F)F)C1. The maximum absolute atomic E-state index is 11.8. The number of alkyl halides is 3. The smallest absolute Gasteiger partial charge is 0.387 e. The fourth-order valence-electron chi connectivity index (χ4n) is 1.49. The van der Waals surface area contributed by atoms with Crippen LogP contribution in [0.1, 0.15) is 19.8 Å². The summed E-state index contributed by atoms with van der Waals surface area (Å²) in [7, 11) is -3.64. The third-order valence-electron chi connectivity index (χ3n) is 2.29.